The van der Waals surface area contributed by atoms with E-state index in [0.717, 1.165) is 42.8 Å². The number of benzene rings is 3. The van der Waals surface area contributed by atoms with Gasteiger partial charge in [0.1, 0.15) is 46.2 Å². The van der Waals surface area contributed by atoms with E-state index < -0.39 is 46.3 Å². The molecule has 0 spiro atoms. The van der Waals surface area contributed by atoms with Crippen LogP contribution < -0.4 is 4.74 Å². The SMILES string of the molecule is CCCCc1cc(F)c(C(F)(F)Oc2ccc(-c3cc(F)c(C#N)c(F)c3)cc2)c(F)c1. The van der Waals surface area contributed by atoms with E-state index in [1.54, 1.807) is 0 Å². The maximum Gasteiger partial charge on any atom is 0.432 e. The summed E-state index contributed by atoms with van der Waals surface area (Å²) in [5.41, 5.74) is -1.65. The van der Waals surface area contributed by atoms with Gasteiger partial charge >= 0.3 is 6.11 Å². The third kappa shape index (κ3) is 4.88. The van der Waals surface area contributed by atoms with Gasteiger partial charge in [-0.3, -0.25) is 0 Å². The Morgan fingerprint density at radius 3 is 1.91 bits per heavy atom. The third-order valence-electron chi connectivity index (χ3n) is 4.80. The molecule has 0 radical (unpaired) electrons. The highest BCUT2D eigenvalue weighted by molar-refractivity contribution is 5.65. The fraction of sp³-hybridized carbons (Fsp3) is 0.208. The Balaban J connectivity index is 1.84. The Kier molecular flexibility index (Phi) is 6.78. The van der Waals surface area contributed by atoms with Crippen molar-refractivity contribution in [1.82, 2.24) is 0 Å². The first kappa shape index (κ1) is 23.2. The van der Waals surface area contributed by atoms with Gasteiger partial charge in [0.2, 0.25) is 0 Å². The number of nitrogens with zero attached hydrogens (tertiary/aromatic N) is 1. The molecule has 3 aromatic carbocycles. The maximum absolute atomic E-state index is 14.5. The number of rotatable bonds is 7. The van der Waals surface area contributed by atoms with Crippen molar-refractivity contribution in [3.63, 3.8) is 0 Å². The summed E-state index contributed by atoms with van der Waals surface area (Å²) in [6.45, 7) is 1.89. The maximum atomic E-state index is 14.5. The molecule has 0 atom stereocenters. The van der Waals surface area contributed by atoms with Crippen LogP contribution in [-0.2, 0) is 12.5 Å². The Hall–Kier alpha value is -3.47. The Morgan fingerprint density at radius 2 is 1.41 bits per heavy atom. The molecule has 0 fully saturated rings. The number of alkyl halides is 2. The van der Waals surface area contributed by atoms with Gasteiger partial charge in [0.25, 0.3) is 0 Å². The number of halogens is 6. The molecule has 0 aliphatic rings. The van der Waals surface area contributed by atoms with Gasteiger partial charge in [-0.1, -0.05) is 25.5 Å². The minimum atomic E-state index is -4.30. The van der Waals surface area contributed by atoms with Crippen LogP contribution in [0.3, 0.4) is 0 Å². The van der Waals surface area contributed by atoms with E-state index in [4.69, 9.17) is 5.26 Å². The smallest absolute Gasteiger partial charge is 0.429 e. The second-order valence-corrected chi connectivity index (χ2v) is 7.11. The topological polar surface area (TPSA) is 33.0 Å². The predicted molar refractivity (Wildman–Crippen MR) is 106 cm³/mol. The molecule has 2 nitrogen and oxygen atoms in total. The van der Waals surface area contributed by atoms with E-state index >= 15 is 0 Å². The summed E-state index contributed by atoms with van der Waals surface area (Å²) in [7, 11) is 0. The van der Waals surface area contributed by atoms with Crippen molar-refractivity contribution in [1.29, 1.82) is 5.26 Å². The summed E-state index contributed by atoms with van der Waals surface area (Å²) in [6, 6.07) is 9.61. The van der Waals surface area contributed by atoms with Gasteiger partial charge in [-0.2, -0.15) is 14.0 Å². The van der Waals surface area contributed by atoms with Crippen LogP contribution in [0.2, 0.25) is 0 Å². The molecule has 0 saturated carbocycles. The lowest BCUT2D eigenvalue weighted by atomic mass is 10.0. The number of hydrogen-bond donors (Lipinski definition) is 0. The lowest BCUT2D eigenvalue weighted by molar-refractivity contribution is -0.189. The highest BCUT2D eigenvalue weighted by Gasteiger charge is 2.41. The van der Waals surface area contributed by atoms with Gasteiger partial charge in [0.05, 0.1) is 0 Å². The number of unbranched alkanes of at least 4 members (excludes halogenated alkanes) is 1. The second kappa shape index (κ2) is 9.35. The average molecular weight is 449 g/mol. The molecule has 3 rings (SSSR count). The number of ether oxygens (including phenoxy) is 1. The van der Waals surface area contributed by atoms with Crippen LogP contribution in [0.4, 0.5) is 26.3 Å². The summed E-state index contributed by atoms with van der Waals surface area (Å²) < 4.78 is 89.7. The fourth-order valence-electron chi connectivity index (χ4n) is 3.19. The van der Waals surface area contributed by atoms with Crippen molar-refractivity contribution in [2.45, 2.75) is 32.3 Å². The zero-order valence-corrected chi connectivity index (χ0v) is 16.9. The third-order valence-corrected chi connectivity index (χ3v) is 4.80. The van der Waals surface area contributed by atoms with E-state index in [0.29, 0.717) is 12.8 Å². The van der Waals surface area contributed by atoms with Gasteiger partial charge in [0.15, 0.2) is 0 Å². The largest absolute Gasteiger partial charge is 0.432 e. The van der Waals surface area contributed by atoms with E-state index in [2.05, 4.69) is 4.74 Å². The highest BCUT2D eigenvalue weighted by Crippen LogP contribution is 2.36. The summed E-state index contributed by atoms with van der Waals surface area (Å²) in [4.78, 5) is 0. The molecule has 0 aliphatic carbocycles. The number of nitriles is 1. The molecule has 32 heavy (non-hydrogen) atoms. The second-order valence-electron chi connectivity index (χ2n) is 7.11. The molecule has 0 bridgehead atoms. The van der Waals surface area contributed by atoms with E-state index in [-0.39, 0.29) is 16.7 Å². The minimum Gasteiger partial charge on any atom is -0.429 e. The molecule has 0 aliphatic heterocycles. The van der Waals surface area contributed by atoms with Crippen LogP contribution >= 0.6 is 0 Å². The molecule has 0 amide bonds. The van der Waals surface area contributed by atoms with Gasteiger partial charge < -0.3 is 4.74 Å². The van der Waals surface area contributed by atoms with Crippen LogP contribution in [0.25, 0.3) is 11.1 Å². The fourth-order valence-corrected chi connectivity index (χ4v) is 3.19. The molecule has 0 unspecified atom stereocenters. The molecule has 8 heteroatoms. The summed E-state index contributed by atoms with van der Waals surface area (Å²) >= 11 is 0. The van der Waals surface area contributed by atoms with Crippen LogP contribution in [0.1, 0.15) is 36.5 Å². The Labute approximate surface area is 180 Å². The van der Waals surface area contributed by atoms with Crippen LogP contribution in [0, 0.1) is 34.6 Å². The van der Waals surface area contributed by atoms with E-state index in [1.807, 2.05) is 6.92 Å². The standard InChI is InChI=1S/C24H17F6NO/c1-2-3-4-14-9-21(27)23(22(28)10-14)24(29,30)32-17-7-5-15(6-8-17)16-11-19(25)18(13-31)20(26)12-16/h5-12H,2-4H2,1H3. The lowest BCUT2D eigenvalue weighted by Crippen LogP contribution is -2.25. The quantitative estimate of drug-likeness (QED) is 0.356. The normalized spacial score (nSPS) is 11.3. The number of hydrogen-bond acceptors (Lipinski definition) is 2. The highest BCUT2D eigenvalue weighted by atomic mass is 19.3. The molecular formula is C24H17F6NO. The van der Waals surface area contributed by atoms with Gasteiger partial charge in [-0.25, -0.2) is 17.6 Å². The minimum absolute atomic E-state index is 0.0667. The first-order valence-electron chi connectivity index (χ1n) is 9.71. The van der Waals surface area contributed by atoms with E-state index in [1.165, 1.54) is 18.2 Å². The van der Waals surface area contributed by atoms with Crippen LogP contribution in [0.15, 0.2) is 48.5 Å². The Morgan fingerprint density at radius 1 is 0.844 bits per heavy atom. The molecule has 166 valence electrons. The molecule has 3 aromatic rings. The zero-order chi connectivity index (χ0) is 23.5. The first-order valence-corrected chi connectivity index (χ1v) is 9.71. The number of aryl methyl sites for hydroxylation is 1. The molecule has 0 heterocycles. The Bertz CT molecular complexity index is 1120. The molecule has 0 aromatic heterocycles. The van der Waals surface area contributed by atoms with Crippen molar-refractivity contribution >= 4 is 0 Å². The van der Waals surface area contributed by atoms with E-state index in [9.17, 15) is 26.3 Å². The van der Waals surface area contributed by atoms with Crippen LogP contribution in [-0.4, -0.2) is 0 Å². The summed E-state index contributed by atoms with van der Waals surface area (Å²) in [5.74, 6) is -5.38. The van der Waals surface area contributed by atoms with Crippen molar-refractivity contribution in [2.75, 3.05) is 0 Å². The van der Waals surface area contributed by atoms with Crippen molar-refractivity contribution in [2.24, 2.45) is 0 Å². The lowest BCUT2D eigenvalue weighted by Gasteiger charge is -2.20. The van der Waals surface area contributed by atoms with Crippen LogP contribution in [0.5, 0.6) is 5.75 Å². The first-order chi connectivity index (χ1) is 15.2. The van der Waals surface area contributed by atoms with Gasteiger partial charge in [0, 0.05) is 0 Å². The molecular weight excluding hydrogens is 432 g/mol. The molecule has 0 saturated heterocycles. The zero-order valence-electron chi connectivity index (χ0n) is 16.9. The van der Waals surface area contributed by atoms with Gasteiger partial charge in [-0.05, 0) is 65.9 Å². The predicted octanol–water partition coefficient (Wildman–Crippen LogP) is 7.25. The summed E-state index contributed by atoms with van der Waals surface area (Å²) in [6.07, 6.45) is -2.51. The molecule has 0 N–H and O–H groups in total. The van der Waals surface area contributed by atoms with Crippen molar-refractivity contribution in [3.8, 4) is 22.9 Å². The van der Waals surface area contributed by atoms with Gasteiger partial charge in [-0.15, -0.1) is 0 Å². The van der Waals surface area contributed by atoms with Crippen molar-refractivity contribution in [3.05, 3.63) is 88.5 Å². The monoisotopic (exact) mass is 449 g/mol. The average Bonchev–Trinajstić information content (AvgIpc) is 2.71. The van der Waals surface area contributed by atoms with Crippen molar-refractivity contribution < 1.29 is 31.1 Å². The summed E-state index contributed by atoms with van der Waals surface area (Å²) in [5, 5.41) is 8.72.